The molecule has 0 saturated carbocycles. The molecule has 0 spiro atoms. The molecule has 2 heterocycles. The van der Waals surface area contributed by atoms with Gasteiger partial charge < -0.3 is 4.90 Å². The molecule has 2 aliphatic rings. The summed E-state index contributed by atoms with van der Waals surface area (Å²) >= 11 is 0. The van der Waals surface area contributed by atoms with Crippen molar-refractivity contribution in [2.75, 3.05) is 6.54 Å². The molecule has 3 rings (SSSR count). The molecular weight excluding hydrogens is 333 g/mol. The molecule has 1 aromatic rings. The van der Waals surface area contributed by atoms with Crippen LogP contribution in [0.3, 0.4) is 0 Å². The molecule has 1 fully saturated rings. The number of nitrogens with zero attached hydrogens (tertiary/aromatic N) is 2. The van der Waals surface area contributed by atoms with Gasteiger partial charge in [0.15, 0.2) is 0 Å². The van der Waals surface area contributed by atoms with Crippen molar-refractivity contribution in [3.8, 4) is 0 Å². The Labute approximate surface area is 156 Å². The van der Waals surface area contributed by atoms with Crippen LogP contribution in [0.5, 0.6) is 0 Å². The summed E-state index contributed by atoms with van der Waals surface area (Å²) in [6.45, 7) is 2.80. The molecule has 1 aliphatic heterocycles. The maximum Gasteiger partial charge on any atom is 1.00 e. The van der Waals surface area contributed by atoms with Crippen LogP contribution < -0.4 is 63.7 Å². The molecule has 1 saturated heterocycles. The second-order valence-corrected chi connectivity index (χ2v) is 4.55. The van der Waals surface area contributed by atoms with Crippen LogP contribution in [0.2, 0.25) is 0 Å². The van der Waals surface area contributed by atoms with Gasteiger partial charge in [0, 0.05) is 6.04 Å². The smallest absolute Gasteiger partial charge is 0.451 e. The number of halogens is 3. The zero-order valence-electron chi connectivity index (χ0n) is 10.4. The number of nitrogens with one attached hydrogen (secondary N) is 1. The number of aromatic amines is 1. The van der Waals surface area contributed by atoms with Crippen LogP contribution in [0.4, 0.5) is 13.2 Å². The first-order valence-corrected chi connectivity index (χ1v) is 5.76. The van der Waals surface area contributed by atoms with Crippen LogP contribution >= 0.6 is 0 Å². The van der Waals surface area contributed by atoms with Crippen LogP contribution in [0, 0.1) is 6.54 Å². The molecule has 1 aliphatic carbocycles. The van der Waals surface area contributed by atoms with Crippen LogP contribution in [-0.4, -0.2) is 21.6 Å². The minimum absolute atomic E-state index is 0. The van der Waals surface area contributed by atoms with Gasteiger partial charge in [-0.25, -0.2) is 5.10 Å². The van der Waals surface area contributed by atoms with Gasteiger partial charge in [0.2, 0.25) is 0 Å². The summed E-state index contributed by atoms with van der Waals surface area (Å²) in [5, 5.41) is 5.79. The van der Waals surface area contributed by atoms with Crippen molar-refractivity contribution >= 4 is 0 Å². The van der Waals surface area contributed by atoms with E-state index >= 15 is 0 Å². The van der Waals surface area contributed by atoms with Gasteiger partial charge in [-0.05, 0) is 18.4 Å². The first kappa shape index (κ1) is 15.8. The molecule has 1 N–H and O–H groups in total. The largest absolute Gasteiger partial charge is 1.00 e. The monoisotopic (exact) mass is 343 g/mol. The molecule has 0 amide bonds. The molecule has 19 heavy (non-hydrogen) atoms. The van der Waals surface area contributed by atoms with Crippen molar-refractivity contribution < 1.29 is 71.4 Å². The quantitative estimate of drug-likeness (QED) is 0.641. The Morgan fingerprint density at radius 3 is 2.63 bits per heavy atom. The number of alkyl halides is 3. The summed E-state index contributed by atoms with van der Waals surface area (Å²) in [4.78, 5) is 13.3. The predicted octanol–water partition coefficient (Wildman–Crippen LogP) is -1.35. The number of rotatable bonds is 1. The number of H-pyrrole nitrogens is 1. The van der Waals surface area contributed by atoms with Gasteiger partial charge in [0.25, 0.3) is 5.56 Å². The summed E-state index contributed by atoms with van der Waals surface area (Å²) < 4.78 is 38.6. The fourth-order valence-corrected chi connectivity index (χ4v) is 2.63. The van der Waals surface area contributed by atoms with Gasteiger partial charge in [0.05, 0.1) is 5.69 Å². The third-order valence-electron chi connectivity index (χ3n) is 3.53. The topological polar surface area (TPSA) is 49.0 Å². The number of hydrogen-bond donors (Lipinski definition) is 1. The average Bonchev–Trinajstić information content (AvgIpc) is 2.57. The van der Waals surface area contributed by atoms with Crippen molar-refractivity contribution in [1.29, 1.82) is 0 Å². The van der Waals surface area contributed by atoms with Gasteiger partial charge >= 0.3 is 64.4 Å². The van der Waals surface area contributed by atoms with E-state index in [-0.39, 0.29) is 76.2 Å². The second-order valence-electron chi connectivity index (χ2n) is 4.55. The summed E-state index contributed by atoms with van der Waals surface area (Å²) in [7, 11) is 0. The maximum atomic E-state index is 12.9. The van der Waals surface area contributed by atoms with Crippen molar-refractivity contribution in [2.24, 2.45) is 0 Å². The Kier molecular flexibility index (Phi) is 4.72. The zero-order valence-corrected chi connectivity index (χ0v) is 15.3. The standard InChI is InChI=1S/C11H11F3N3O.Rb/c12-11(13,14)8-6-2-3-7(17-4-1-5-17)9(6)15-16-10(8)18;/h4,7H,1-3,5H2,(H,16,18);/q-1;+1. The molecule has 0 bridgehead atoms. The Bertz CT molecular complexity index is 539. The van der Waals surface area contributed by atoms with Crippen LogP contribution in [0.15, 0.2) is 4.79 Å². The minimum Gasteiger partial charge on any atom is -0.451 e. The molecular formula is C11H11F3N3ORb. The van der Waals surface area contributed by atoms with E-state index in [4.69, 9.17) is 0 Å². The predicted molar refractivity (Wildman–Crippen MR) is 56.5 cm³/mol. The van der Waals surface area contributed by atoms with E-state index in [1.165, 1.54) is 0 Å². The summed E-state index contributed by atoms with van der Waals surface area (Å²) in [6.07, 6.45) is -2.83. The Balaban J connectivity index is 0.00000133. The van der Waals surface area contributed by atoms with Crippen LogP contribution in [-0.2, 0) is 12.6 Å². The Hall–Kier alpha value is 0.435. The van der Waals surface area contributed by atoms with E-state index in [0.717, 1.165) is 13.0 Å². The third kappa shape index (κ3) is 2.77. The zero-order chi connectivity index (χ0) is 12.9. The molecule has 98 valence electrons. The number of hydrogen-bond acceptors (Lipinski definition) is 3. The normalized spacial score (nSPS) is 22.6. The fraction of sp³-hybridized carbons (Fsp3) is 0.545. The molecule has 8 heteroatoms. The fourth-order valence-electron chi connectivity index (χ4n) is 2.63. The summed E-state index contributed by atoms with van der Waals surface area (Å²) in [6, 6.07) is -0.119. The van der Waals surface area contributed by atoms with Gasteiger partial charge in [0.1, 0.15) is 5.56 Å². The van der Waals surface area contributed by atoms with Crippen molar-refractivity contribution in [1.82, 2.24) is 15.1 Å². The number of likely N-dealkylation sites (tertiary alicyclic amines) is 1. The summed E-state index contributed by atoms with van der Waals surface area (Å²) in [5.74, 6) is 0. The van der Waals surface area contributed by atoms with Crippen molar-refractivity contribution in [2.45, 2.75) is 31.5 Å². The molecule has 1 atom stereocenters. The minimum atomic E-state index is -4.62. The summed E-state index contributed by atoms with van der Waals surface area (Å²) in [5.41, 5.74) is -1.78. The van der Waals surface area contributed by atoms with E-state index < -0.39 is 17.3 Å². The van der Waals surface area contributed by atoms with Crippen LogP contribution in [0.1, 0.15) is 35.7 Å². The average molecular weight is 344 g/mol. The molecule has 4 nitrogen and oxygen atoms in total. The van der Waals surface area contributed by atoms with E-state index in [1.807, 2.05) is 16.5 Å². The van der Waals surface area contributed by atoms with Crippen molar-refractivity contribution in [3.05, 3.63) is 33.7 Å². The first-order chi connectivity index (χ1) is 8.48. The Morgan fingerprint density at radius 2 is 2.11 bits per heavy atom. The second kappa shape index (κ2) is 5.67. The van der Waals surface area contributed by atoms with Crippen molar-refractivity contribution in [3.63, 3.8) is 0 Å². The third-order valence-corrected chi connectivity index (χ3v) is 3.53. The van der Waals surface area contributed by atoms with E-state index in [0.29, 0.717) is 12.1 Å². The molecule has 1 unspecified atom stereocenters. The maximum absolute atomic E-state index is 12.9. The number of aromatic nitrogens is 2. The van der Waals surface area contributed by atoms with E-state index in [2.05, 4.69) is 5.10 Å². The van der Waals surface area contributed by atoms with Gasteiger partial charge in [-0.3, -0.25) is 11.3 Å². The van der Waals surface area contributed by atoms with Gasteiger partial charge in [-0.1, -0.05) is 6.54 Å². The van der Waals surface area contributed by atoms with Gasteiger partial charge in [-0.15, -0.1) is 0 Å². The van der Waals surface area contributed by atoms with Gasteiger partial charge in [-0.2, -0.15) is 24.7 Å². The molecule has 0 aromatic carbocycles. The Morgan fingerprint density at radius 1 is 1.42 bits per heavy atom. The SMILES string of the molecule is O=c1[nH]nc2c(c1C(F)(F)F)CCC2N1[CH-]CC1.[Rb+]. The first-order valence-electron chi connectivity index (χ1n) is 5.76. The number of fused-ring (bicyclic) bond motifs is 1. The van der Waals surface area contributed by atoms with E-state index in [9.17, 15) is 18.0 Å². The van der Waals surface area contributed by atoms with E-state index in [1.54, 1.807) is 0 Å². The van der Waals surface area contributed by atoms with Crippen LogP contribution in [0.25, 0.3) is 0 Å². The molecule has 1 aromatic heterocycles. The molecule has 0 radical (unpaired) electrons.